The zero-order valence-corrected chi connectivity index (χ0v) is 11.6. The molecule has 2 rings (SSSR count). The molecule has 0 aliphatic heterocycles. The lowest BCUT2D eigenvalue weighted by molar-refractivity contribution is 0.192. The molecular formula is C13H12ClFN2O3. The quantitative estimate of drug-likeness (QED) is 0.939. The van der Waals surface area contributed by atoms with E-state index in [-0.39, 0.29) is 22.4 Å². The molecule has 106 valence electrons. The summed E-state index contributed by atoms with van der Waals surface area (Å²) in [5, 5.41) is 12.7. The van der Waals surface area contributed by atoms with Crippen LogP contribution in [0.5, 0.6) is 5.75 Å². The maximum absolute atomic E-state index is 13.9. The first kappa shape index (κ1) is 14.3. The van der Waals surface area contributed by atoms with Crippen molar-refractivity contribution >= 4 is 17.7 Å². The van der Waals surface area contributed by atoms with Gasteiger partial charge in [-0.05, 0) is 32.0 Å². The molecule has 5 nitrogen and oxygen atoms in total. The fourth-order valence-corrected chi connectivity index (χ4v) is 1.84. The summed E-state index contributed by atoms with van der Waals surface area (Å²) >= 11 is 5.90. The zero-order valence-electron chi connectivity index (χ0n) is 10.8. The zero-order chi connectivity index (χ0) is 14.9. The van der Waals surface area contributed by atoms with Crippen LogP contribution in [0.1, 0.15) is 13.8 Å². The van der Waals surface area contributed by atoms with Crippen molar-refractivity contribution in [1.82, 2.24) is 9.78 Å². The maximum atomic E-state index is 13.9. The number of rotatable bonds is 3. The summed E-state index contributed by atoms with van der Waals surface area (Å²) in [4.78, 5) is 10.8. The molecule has 0 saturated heterocycles. The van der Waals surface area contributed by atoms with Gasteiger partial charge in [-0.3, -0.25) is 0 Å². The molecule has 0 aliphatic rings. The topological polar surface area (TPSA) is 64.3 Å². The summed E-state index contributed by atoms with van der Waals surface area (Å²) in [6.45, 7) is 3.64. The number of aromatic nitrogens is 2. The van der Waals surface area contributed by atoms with Crippen molar-refractivity contribution in [3.63, 3.8) is 0 Å². The minimum atomic E-state index is -1.25. The fourth-order valence-electron chi connectivity index (χ4n) is 1.64. The van der Waals surface area contributed by atoms with Gasteiger partial charge in [0, 0.05) is 11.8 Å². The SMILES string of the molecule is CC(C)Oc1cc(-c2ccn(C(=O)O)n2)c(F)cc1Cl. The number of carbonyl (C=O) groups is 1. The molecule has 0 radical (unpaired) electrons. The second kappa shape index (κ2) is 5.50. The predicted molar refractivity (Wildman–Crippen MR) is 71.8 cm³/mol. The monoisotopic (exact) mass is 298 g/mol. The Balaban J connectivity index is 2.46. The number of carboxylic acid groups (broad SMARTS) is 1. The van der Waals surface area contributed by atoms with Gasteiger partial charge < -0.3 is 9.84 Å². The Hall–Kier alpha value is -2.08. The molecule has 1 aromatic heterocycles. The van der Waals surface area contributed by atoms with E-state index in [1.807, 2.05) is 13.8 Å². The van der Waals surface area contributed by atoms with Gasteiger partial charge >= 0.3 is 6.09 Å². The Kier molecular flexibility index (Phi) is 3.94. The molecule has 0 aliphatic carbocycles. The van der Waals surface area contributed by atoms with E-state index >= 15 is 0 Å². The van der Waals surface area contributed by atoms with Gasteiger partial charge in [0.2, 0.25) is 0 Å². The third-order valence-electron chi connectivity index (χ3n) is 2.45. The third-order valence-corrected chi connectivity index (χ3v) is 2.74. The lowest BCUT2D eigenvalue weighted by Gasteiger charge is -2.12. The van der Waals surface area contributed by atoms with Crippen molar-refractivity contribution in [1.29, 1.82) is 0 Å². The summed E-state index contributed by atoms with van der Waals surface area (Å²) in [7, 11) is 0. The summed E-state index contributed by atoms with van der Waals surface area (Å²) in [6.07, 6.45) is -0.138. The van der Waals surface area contributed by atoms with Crippen LogP contribution >= 0.6 is 11.6 Å². The van der Waals surface area contributed by atoms with E-state index in [9.17, 15) is 9.18 Å². The van der Waals surface area contributed by atoms with Gasteiger partial charge in [0.05, 0.1) is 16.8 Å². The number of nitrogens with zero attached hydrogens (tertiary/aromatic N) is 2. The van der Waals surface area contributed by atoms with Crippen LogP contribution < -0.4 is 4.74 Å². The van der Waals surface area contributed by atoms with Crippen molar-refractivity contribution in [2.75, 3.05) is 0 Å². The Bertz CT molecular complexity index is 655. The van der Waals surface area contributed by atoms with Crippen LogP contribution in [0, 0.1) is 5.82 Å². The fraction of sp³-hybridized carbons (Fsp3) is 0.231. The van der Waals surface area contributed by atoms with E-state index in [0.29, 0.717) is 10.4 Å². The average molecular weight is 299 g/mol. The highest BCUT2D eigenvalue weighted by molar-refractivity contribution is 6.32. The Morgan fingerprint density at radius 1 is 1.50 bits per heavy atom. The molecule has 20 heavy (non-hydrogen) atoms. The lowest BCUT2D eigenvalue weighted by Crippen LogP contribution is -2.08. The molecule has 0 bridgehead atoms. The van der Waals surface area contributed by atoms with Gasteiger partial charge in [-0.15, -0.1) is 0 Å². The molecule has 0 atom stereocenters. The number of hydrogen-bond acceptors (Lipinski definition) is 3. The normalized spacial score (nSPS) is 10.8. The standard InChI is InChI=1S/C13H12ClFN2O3/c1-7(2)20-12-5-8(10(15)6-9(12)14)11-3-4-17(16-11)13(18)19/h3-7H,1-2H3,(H,18,19). The molecule has 1 aromatic carbocycles. The molecule has 0 amide bonds. The van der Waals surface area contributed by atoms with Crippen LogP contribution in [0.15, 0.2) is 24.4 Å². The van der Waals surface area contributed by atoms with Gasteiger partial charge in [0.1, 0.15) is 11.6 Å². The van der Waals surface area contributed by atoms with E-state index in [2.05, 4.69) is 5.10 Å². The second-order valence-electron chi connectivity index (χ2n) is 4.36. The van der Waals surface area contributed by atoms with Crippen molar-refractivity contribution in [3.05, 3.63) is 35.2 Å². The third kappa shape index (κ3) is 2.91. The Morgan fingerprint density at radius 3 is 2.75 bits per heavy atom. The van der Waals surface area contributed by atoms with E-state index in [1.165, 1.54) is 18.3 Å². The van der Waals surface area contributed by atoms with Crippen LogP contribution in [0.25, 0.3) is 11.3 Å². The predicted octanol–water partition coefficient (Wildman–Crippen LogP) is 3.66. The highest BCUT2D eigenvalue weighted by Gasteiger charge is 2.15. The summed E-state index contributed by atoms with van der Waals surface area (Å²) < 4.78 is 20.1. The summed E-state index contributed by atoms with van der Waals surface area (Å²) in [5.74, 6) is -0.273. The highest BCUT2D eigenvalue weighted by Crippen LogP contribution is 2.33. The van der Waals surface area contributed by atoms with Gasteiger partial charge in [-0.2, -0.15) is 9.78 Å². The average Bonchev–Trinajstić information content (AvgIpc) is 2.81. The Labute approximate surface area is 119 Å². The first-order valence-corrected chi connectivity index (χ1v) is 6.21. The number of ether oxygens (including phenoxy) is 1. The maximum Gasteiger partial charge on any atom is 0.432 e. The molecule has 2 aromatic rings. The number of hydrogen-bond donors (Lipinski definition) is 1. The van der Waals surface area contributed by atoms with Crippen LogP contribution in [0.3, 0.4) is 0 Å². The number of benzene rings is 1. The van der Waals surface area contributed by atoms with Gasteiger partial charge in [-0.1, -0.05) is 11.6 Å². The summed E-state index contributed by atoms with van der Waals surface area (Å²) in [5.41, 5.74) is 0.320. The molecule has 7 heteroatoms. The van der Waals surface area contributed by atoms with E-state index in [1.54, 1.807) is 0 Å². The largest absolute Gasteiger partial charge is 0.489 e. The van der Waals surface area contributed by atoms with Crippen LogP contribution in [0.2, 0.25) is 5.02 Å². The minimum Gasteiger partial charge on any atom is -0.489 e. The van der Waals surface area contributed by atoms with Crippen LogP contribution in [-0.4, -0.2) is 27.1 Å². The molecule has 0 unspecified atom stereocenters. The van der Waals surface area contributed by atoms with Gasteiger partial charge in [-0.25, -0.2) is 9.18 Å². The van der Waals surface area contributed by atoms with Crippen molar-refractivity contribution in [3.8, 4) is 17.0 Å². The lowest BCUT2D eigenvalue weighted by atomic mass is 10.1. The second-order valence-corrected chi connectivity index (χ2v) is 4.76. The van der Waals surface area contributed by atoms with Crippen molar-refractivity contribution in [2.24, 2.45) is 0 Å². The van der Waals surface area contributed by atoms with Gasteiger partial charge in [0.25, 0.3) is 0 Å². The molecule has 1 N–H and O–H groups in total. The van der Waals surface area contributed by atoms with E-state index in [0.717, 1.165) is 6.07 Å². The first-order valence-electron chi connectivity index (χ1n) is 5.83. The number of halogens is 2. The van der Waals surface area contributed by atoms with Crippen LogP contribution in [-0.2, 0) is 0 Å². The van der Waals surface area contributed by atoms with E-state index in [4.69, 9.17) is 21.4 Å². The highest BCUT2D eigenvalue weighted by atomic mass is 35.5. The molecule has 0 spiro atoms. The molecule has 0 saturated carbocycles. The first-order chi connectivity index (χ1) is 9.38. The van der Waals surface area contributed by atoms with Crippen molar-refractivity contribution in [2.45, 2.75) is 20.0 Å². The van der Waals surface area contributed by atoms with E-state index < -0.39 is 11.9 Å². The van der Waals surface area contributed by atoms with Gasteiger partial charge in [0.15, 0.2) is 0 Å². The van der Waals surface area contributed by atoms with Crippen molar-refractivity contribution < 1.29 is 19.0 Å². The minimum absolute atomic E-state index is 0.123. The smallest absolute Gasteiger partial charge is 0.432 e. The molecule has 1 heterocycles. The summed E-state index contributed by atoms with van der Waals surface area (Å²) in [6, 6.07) is 3.93. The molecule has 0 fully saturated rings. The van der Waals surface area contributed by atoms with Crippen LogP contribution in [0.4, 0.5) is 9.18 Å². The molecular weight excluding hydrogens is 287 g/mol. The Morgan fingerprint density at radius 2 is 2.20 bits per heavy atom.